The number of rotatable bonds is 12. The number of aliphatic carboxylic acids is 3. The van der Waals surface area contributed by atoms with Crippen LogP contribution >= 0.6 is 0 Å². The highest BCUT2D eigenvalue weighted by molar-refractivity contribution is 5.95. The van der Waals surface area contributed by atoms with Gasteiger partial charge in [-0.05, 0) is 80.7 Å². The van der Waals surface area contributed by atoms with Crippen molar-refractivity contribution in [3.63, 3.8) is 0 Å². The van der Waals surface area contributed by atoms with Crippen LogP contribution in [0.4, 0.5) is 0 Å². The number of phenols is 1. The van der Waals surface area contributed by atoms with E-state index in [0.29, 0.717) is 18.7 Å². The first-order valence-corrected chi connectivity index (χ1v) is 13.4. The molecule has 0 aliphatic carbocycles. The highest BCUT2D eigenvalue weighted by Crippen LogP contribution is 2.27. The van der Waals surface area contributed by atoms with Crippen molar-refractivity contribution in [2.75, 3.05) is 32.7 Å². The number of aromatic hydroxyl groups is 1. The molecular formula is C30H38N2O9. The second kappa shape index (κ2) is 15.5. The van der Waals surface area contributed by atoms with Crippen LogP contribution < -0.4 is 0 Å². The quantitative estimate of drug-likeness (QED) is 0.255. The van der Waals surface area contributed by atoms with Crippen molar-refractivity contribution in [2.24, 2.45) is 0 Å². The molecule has 1 heterocycles. The standard InChI is InChI=1S/C24H30N2O2.C6H8O7/c1-3-26(4-2)24(28)20-12-10-19(11-13-20)23(14-17-25-15-5-6-16-25)21-8-7-9-22(27)18-21;7-3(8)1-6(13,5(11)12)2-4(9)10/h7-14,18,27H,3-6,15-17H2,1-2H3;13H,1-2H2,(H,7,8)(H,9,10)(H,11,12)/b23-14-;. The smallest absolute Gasteiger partial charge is 0.336 e. The molecular weight excluding hydrogens is 532 g/mol. The second-order valence-corrected chi connectivity index (χ2v) is 9.71. The summed E-state index contributed by atoms with van der Waals surface area (Å²) >= 11 is 0. The van der Waals surface area contributed by atoms with Crippen LogP contribution in [0.3, 0.4) is 0 Å². The highest BCUT2D eigenvalue weighted by Gasteiger charge is 2.40. The Hall–Kier alpha value is -4.22. The minimum absolute atomic E-state index is 0.0662. The summed E-state index contributed by atoms with van der Waals surface area (Å²) in [5.74, 6) is -4.69. The lowest BCUT2D eigenvalue weighted by Gasteiger charge is -2.19. The van der Waals surface area contributed by atoms with Gasteiger partial charge in [-0.15, -0.1) is 0 Å². The third kappa shape index (κ3) is 10.0. The van der Waals surface area contributed by atoms with Crippen LogP contribution in [0.1, 0.15) is 61.0 Å². The molecule has 11 heteroatoms. The van der Waals surface area contributed by atoms with Crippen LogP contribution in [-0.4, -0.2) is 97.5 Å². The molecule has 1 saturated heterocycles. The largest absolute Gasteiger partial charge is 0.508 e. The summed E-state index contributed by atoms with van der Waals surface area (Å²) in [5.41, 5.74) is 1.10. The zero-order valence-electron chi connectivity index (χ0n) is 23.3. The monoisotopic (exact) mass is 570 g/mol. The number of carboxylic acid groups (broad SMARTS) is 3. The molecule has 0 aromatic heterocycles. The molecule has 1 fully saturated rings. The van der Waals surface area contributed by atoms with E-state index in [0.717, 1.165) is 36.3 Å². The van der Waals surface area contributed by atoms with Gasteiger partial charge in [0.2, 0.25) is 0 Å². The lowest BCUT2D eigenvalue weighted by Crippen LogP contribution is -2.42. The van der Waals surface area contributed by atoms with E-state index >= 15 is 0 Å². The van der Waals surface area contributed by atoms with Crippen LogP contribution in [0.2, 0.25) is 0 Å². The predicted octanol–water partition coefficient (Wildman–Crippen LogP) is 3.15. The minimum atomic E-state index is -2.74. The van der Waals surface area contributed by atoms with Crippen LogP contribution in [0, 0.1) is 0 Å². The molecule has 0 saturated carbocycles. The van der Waals surface area contributed by atoms with E-state index in [1.54, 1.807) is 12.1 Å². The molecule has 2 aromatic carbocycles. The fourth-order valence-electron chi connectivity index (χ4n) is 4.46. The molecule has 41 heavy (non-hydrogen) atoms. The summed E-state index contributed by atoms with van der Waals surface area (Å²) in [6.45, 7) is 8.59. The Bertz CT molecular complexity index is 1210. The molecule has 0 bridgehead atoms. The van der Waals surface area contributed by atoms with E-state index in [-0.39, 0.29) is 11.7 Å². The third-order valence-corrected chi connectivity index (χ3v) is 6.69. The maximum Gasteiger partial charge on any atom is 0.336 e. The molecule has 0 atom stereocenters. The van der Waals surface area contributed by atoms with Gasteiger partial charge in [0.05, 0.1) is 12.8 Å². The molecule has 0 spiro atoms. The van der Waals surface area contributed by atoms with Gasteiger partial charge in [-0.1, -0.05) is 30.3 Å². The van der Waals surface area contributed by atoms with Crippen molar-refractivity contribution in [1.82, 2.24) is 9.80 Å². The number of carboxylic acids is 3. The second-order valence-electron chi connectivity index (χ2n) is 9.71. The summed E-state index contributed by atoms with van der Waals surface area (Å²) in [5, 5.41) is 43.7. The zero-order chi connectivity index (χ0) is 30.6. The average molecular weight is 571 g/mol. The Morgan fingerprint density at radius 2 is 1.39 bits per heavy atom. The van der Waals surface area contributed by atoms with E-state index in [1.165, 1.54) is 12.8 Å². The Labute approximate surface area is 239 Å². The van der Waals surface area contributed by atoms with E-state index in [9.17, 15) is 24.3 Å². The van der Waals surface area contributed by atoms with Gasteiger partial charge in [0.25, 0.3) is 5.91 Å². The van der Waals surface area contributed by atoms with Crippen molar-refractivity contribution in [1.29, 1.82) is 0 Å². The van der Waals surface area contributed by atoms with Crippen LogP contribution in [0.25, 0.3) is 5.57 Å². The molecule has 5 N–H and O–H groups in total. The summed E-state index contributed by atoms with van der Waals surface area (Å²) < 4.78 is 0. The molecule has 0 radical (unpaired) electrons. The Balaban J connectivity index is 0.000000383. The van der Waals surface area contributed by atoms with Crippen LogP contribution in [-0.2, 0) is 14.4 Å². The molecule has 0 unspecified atom stereocenters. The zero-order valence-corrected chi connectivity index (χ0v) is 23.3. The maximum absolute atomic E-state index is 12.6. The molecule has 2 aromatic rings. The minimum Gasteiger partial charge on any atom is -0.508 e. The number of hydrogen-bond donors (Lipinski definition) is 5. The van der Waals surface area contributed by atoms with Crippen molar-refractivity contribution >= 4 is 29.4 Å². The van der Waals surface area contributed by atoms with Gasteiger partial charge >= 0.3 is 17.9 Å². The van der Waals surface area contributed by atoms with Gasteiger partial charge in [-0.3, -0.25) is 19.3 Å². The summed E-state index contributed by atoms with van der Waals surface area (Å²) in [6, 6.07) is 15.2. The van der Waals surface area contributed by atoms with Gasteiger partial charge in [0, 0.05) is 25.2 Å². The summed E-state index contributed by atoms with van der Waals surface area (Å²) in [6.07, 6.45) is 2.47. The fourth-order valence-corrected chi connectivity index (χ4v) is 4.46. The van der Waals surface area contributed by atoms with Gasteiger partial charge in [0.15, 0.2) is 5.60 Å². The first-order chi connectivity index (χ1) is 19.4. The first kappa shape index (κ1) is 33.0. The molecule has 1 aliphatic rings. The summed E-state index contributed by atoms with van der Waals surface area (Å²) in [4.78, 5) is 47.3. The third-order valence-electron chi connectivity index (χ3n) is 6.69. The van der Waals surface area contributed by atoms with Crippen molar-refractivity contribution in [3.05, 3.63) is 71.3 Å². The van der Waals surface area contributed by atoms with Crippen molar-refractivity contribution in [2.45, 2.75) is 45.1 Å². The normalized spacial score (nSPS) is 13.7. The molecule has 11 nitrogen and oxygen atoms in total. The Morgan fingerprint density at radius 1 is 0.854 bits per heavy atom. The molecule has 222 valence electrons. The Morgan fingerprint density at radius 3 is 1.85 bits per heavy atom. The van der Waals surface area contributed by atoms with E-state index in [4.69, 9.17) is 20.4 Å². The number of benzene rings is 2. The topological polar surface area (TPSA) is 176 Å². The number of nitrogens with zero attached hydrogens (tertiary/aromatic N) is 2. The number of aliphatic hydroxyl groups is 1. The number of carbonyl (C=O) groups excluding carboxylic acids is 1. The van der Waals surface area contributed by atoms with Gasteiger partial charge < -0.3 is 30.4 Å². The average Bonchev–Trinajstić information content (AvgIpc) is 3.43. The molecule has 1 amide bonds. The van der Waals surface area contributed by atoms with E-state index in [1.807, 2.05) is 55.1 Å². The Kier molecular flexibility index (Phi) is 12.5. The lowest BCUT2D eigenvalue weighted by atomic mass is 9.96. The van der Waals surface area contributed by atoms with Gasteiger partial charge in [-0.25, -0.2) is 4.79 Å². The summed E-state index contributed by atoms with van der Waals surface area (Å²) in [7, 11) is 0. The van der Waals surface area contributed by atoms with E-state index < -0.39 is 36.4 Å². The van der Waals surface area contributed by atoms with Gasteiger partial charge in [0.1, 0.15) is 5.75 Å². The fraction of sp³-hybridized carbons (Fsp3) is 0.400. The number of amides is 1. The predicted molar refractivity (Wildman–Crippen MR) is 152 cm³/mol. The number of carbonyl (C=O) groups is 4. The van der Waals surface area contributed by atoms with Crippen molar-refractivity contribution in [3.8, 4) is 5.75 Å². The lowest BCUT2D eigenvalue weighted by molar-refractivity contribution is -0.170. The number of phenolic OH excluding ortho intramolecular Hbond substituents is 1. The SMILES string of the molecule is CCN(CC)C(=O)c1ccc(/C(=C/CN2CCCC2)c2cccc(O)c2)cc1.O=C(O)CC(O)(CC(=O)O)C(=O)O. The van der Waals surface area contributed by atoms with Crippen LogP contribution in [0.15, 0.2) is 54.6 Å². The number of likely N-dealkylation sites (tertiary alicyclic amines) is 1. The first-order valence-electron chi connectivity index (χ1n) is 13.4. The maximum atomic E-state index is 12.6. The number of hydrogen-bond acceptors (Lipinski definition) is 7. The van der Waals surface area contributed by atoms with Gasteiger partial charge in [-0.2, -0.15) is 0 Å². The highest BCUT2D eigenvalue weighted by atomic mass is 16.4. The molecule has 1 aliphatic heterocycles. The van der Waals surface area contributed by atoms with Crippen molar-refractivity contribution < 1.29 is 44.7 Å². The van der Waals surface area contributed by atoms with E-state index in [2.05, 4.69) is 11.0 Å². The van der Waals surface area contributed by atoms with Crippen LogP contribution in [0.5, 0.6) is 5.75 Å². The molecule has 3 rings (SSSR count).